The first-order valence-corrected chi connectivity index (χ1v) is 21.4. The lowest BCUT2D eigenvalue weighted by Crippen LogP contribution is -1.94. The van der Waals surface area contributed by atoms with E-state index in [0.717, 1.165) is 89.7 Å². The Labute approximate surface area is 361 Å². The van der Waals surface area contributed by atoms with Crippen molar-refractivity contribution in [3.8, 4) is 44.5 Å². The largest absolute Gasteiger partial charge is 0.456 e. The predicted octanol–water partition coefficient (Wildman–Crippen LogP) is 16.1. The Bertz CT molecular complexity index is 3880. The Morgan fingerprint density at radius 3 is 1.24 bits per heavy atom. The van der Waals surface area contributed by atoms with Crippen LogP contribution in [0.2, 0.25) is 0 Å². The number of nitrogens with zero attached hydrogens (tertiary/aromatic N) is 2. The second kappa shape index (κ2) is 14.2. The molecule has 1 aliphatic carbocycles. The molecule has 13 rings (SSSR count). The molecule has 5 heteroatoms. The normalized spacial score (nSPS) is 13.1. The van der Waals surface area contributed by atoms with Crippen molar-refractivity contribution in [2.24, 2.45) is 0 Å². The lowest BCUT2D eigenvalue weighted by atomic mass is 9.88. The molecule has 0 spiro atoms. The molecule has 1 aliphatic rings. The molecule has 0 unspecified atom stereocenters. The average Bonchev–Trinajstić information content (AvgIpc) is 4.04. The van der Waals surface area contributed by atoms with Gasteiger partial charge in [-0.15, -0.1) is 0 Å². The number of pyridine rings is 2. The van der Waals surface area contributed by atoms with Crippen molar-refractivity contribution in [1.82, 2.24) is 9.97 Å². The van der Waals surface area contributed by atoms with Gasteiger partial charge in [-0.1, -0.05) is 91.0 Å². The van der Waals surface area contributed by atoms with Gasteiger partial charge in [0.15, 0.2) is 0 Å². The minimum atomic E-state index is 0.658. The number of rotatable bonds is 6. The highest BCUT2D eigenvalue weighted by molar-refractivity contribution is 6.09. The van der Waals surface area contributed by atoms with Crippen molar-refractivity contribution >= 4 is 77.2 Å². The van der Waals surface area contributed by atoms with E-state index < -0.39 is 0 Å². The molecule has 63 heavy (non-hydrogen) atoms. The third-order valence-corrected chi connectivity index (χ3v) is 12.7. The first-order valence-electron chi connectivity index (χ1n) is 21.4. The molecule has 0 amide bonds. The zero-order valence-electron chi connectivity index (χ0n) is 34.0. The second-order valence-electron chi connectivity index (χ2n) is 16.5. The van der Waals surface area contributed by atoms with E-state index in [4.69, 9.17) is 13.3 Å². The van der Waals surface area contributed by atoms with Crippen molar-refractivity contribution in [2.45, 2.75) is 12.8 Å². The fourth-order valence-corrected chi connectivity index (χ4v) is 9.50. The third-order valence-electron chi connectivity index (χ3n) is 12.7. The van der Waals surface area contributed by atoms with Gasteiger partial charge in [0.05, 0.1) is 0 Å². The molecule has 0 radical (unpaired) electrons. The fourth-order valence-electron chi connectivity index (χ4n) is 9.50. The van der Waals surface area contributed by atoms with E-state index in [1.54, 1.807) is 12.4 Å². The molecule has 7 aromatic carbocycles. The second-order valence-corrected chi connectivity index (χ2v) is 16.5. The molecule has 296 valence electrons. The summed E-state index contributed by atoms with van der Waals surface area (Å²) in [5.41, 5.74) is 19.1. The first kappa shape index (κ1) is 35.5. The van der Waals surface area contributed by atoms with Gasteiger partial charge in [-0.2, -0.15) is 0 Å². The number of furan rings is 3. The standard InChI is InChI=1S/C58H36N2O3/c1-7-35(27-37(9-1)39-11-3-13-41(29-39)43-19-23-55-49(31-43)47-15-5-25-59-57(47)62-55)36-8-2-10-38(28-36)40-12-4-14-42(30-40)44-17-21-53-51(33-44)52-34-46(18-22-54(52)61-53)45-20-24-56-50(32-45)48-16-6-26-60-58(48)63-56/h1,3-7,9-34H,2,8H2. The first-order chi connectivity index (χ1) is 31.1. The highest BCUT2D eigenvalue weighted by Gasteiger charge is 2.16. The van der Waals surface area contributed by atoms with Crippen molar-refractivity contribution in [3.05, 3.63) is 206 Å². The maximum absolute atomic E-state index is 6.36. The van der Waals surface area contributed by atoms with Crippen LogP contribution in [-0.2, 0) is 0 Å². The predicted molar refractivity (Wildman–Crippen MR) is 257 cm³/mol. The van der Waals surface area contributed by atoms with E-state index >= 15 is 0 Å². The van der Waals surface area contributed by atoms with Gasteiger partial charge in [0.25, 0.3) is 0 Å². The van der Waals surface area contributed by atoms with Crippen LogP contribution in [0.15, 0.2) is 208 Å². The van der Waals surface area contributed by atoms with Crippen molar-refractivity contribution in [3.63, 3.8) is 0 Å². The van der Waals surface area contributed by atoms with Crippen LogP contribution in [-0.4, -0.2) is 9.97 Å². The quantitative estimate of drug-likeness (QED) is 0.167. The topological polar surface area (TPSA) is 65.2 Å². The lowest BCUT2D eigenvalue weighted by molar-refractivity contribution is 0.653. The summed E-state index contributed by atoms with van der Waals surface area (Å²) in [5.74, 6) is 0. The minimum Gasteiger partial charge on any atom is -0.456 e. The minimum absolute atomic E-state index is 0.658. The summed E-state index contributed by atoms with van der Waals surface area (Å²) in [4.78, 5) is 8.83. The molecular formula is C58H36N2O3. The van der Waals surface area contributed by atoms with Crippen LogP contribution >= 0.6 is 0 Å². The van der Waals surface area contributed by atoms with Crippen molar-refractivity contribution in [2.75, 3.05) is 0 Å². The van der Waals surface area contributed by atoms with Crippen LogP contribution in [0.1, 0.15) is 24.0 Å². The zero-order chi connectivity index (χ0) is 41.4. The average molecular weight is 809 g/mol. The van der Waals surface area contributed by atoms with E-state index in [2.05, 4.69) is 174 Å². The van der Waals surface area contributed by atoms with Crippen molar-refractivity contribution in [1.29, 1.82) is 0 Å². The SMILES string of the molecule is C1=C(c2cccc(-c3ccc4oc5ccc(-c6ccc7oc8ncccc8c7c6)cc5c4c3)c2)C=C(c2cccc(-c3cccc(-c4ccc5oc6ncccc6c5c4)c3)c2)CC1. The summed E-state index contributed by atoms with van der Waals surface area (Å²) in [5, 5.41) is 6.39. The lowest BCUT2D eigenvalue weighted by Gasteiger charge is -2.16. The maximum Gasteiger partial charge on any atom is 0.227 e. The van der Waals surface area contributed by atoms with Crippen LogP contribution in [0.4, 0.5) is 0 Å². The summed E-state index contributed by atoms with van der Waals surface area (Å²) in [7, 11) is 0. The van der Waals surface area contributed by atoms with Gasteiger partial charge in [-0.25, -0.2) is 9.97 Å². The van der Waals surface area contributed by atoms with Crippen LogP contribution < -0.4 is 0 Å². The monoisotopic (exact) mass is 808 g/mol. The summed E-state index contributed by atoms with van der Waals surface area (Å²) < 4.78 is 18.4. The third kappa shape index (κ3) is 6.08. The van der Waals surface area contributed by atoms with E-state index in [9.17, 15) is 0 Å². The van der Waals surface area contributed by atoms with Gasteiger partial charge in [0, 0.05) is 44.7 Å². The summed E-state index contributed by atoms with van der Waals surface area (Å²) in [6.07, 6.45) is 10.3. The highest BCUT2D eigenvalue weighted by Crippen LogP contribution is 2.39. The number of allylic oxidation sites excluding steroid dienone is 4. The number of benzene rings is 7. The molecule has 5 heterocycles. The Hall–Kier alpha value is -8.28. The van der Waals surface area contributed by atoms with Crippen molar-refractivity contribution < 1.29 is 13.3 Å². The number of fused-ring (bicyclic) bond motifs is 9. The molecule has 0 aliphatic heterocycles. The molecule has 5 aromatic heterocycles. The fraction of sp³-hybridized carbons (Fsp3) is 0.0345. The van der Waals surface area contributed by atoms with E-state index in [1.165, 1.54) is 44.5 Å². The number of hydrogen-bond donors (Lipinski definition) is 0. The molecule has 5 nitrogen and oxygen atoms in total. The summed E-state index contributed by atoms with van der Waals surface area (Å²) in [6.45, 7) is 0. The highest BCUT2D eigenvalue weighted by atomic mass is 16.3. The molecule has 0 atom stereocenters. The smallest absolute Gasteiger partial charge is 0.227 e. The van der Waals surface area contributed by atoms with Crippen LogP contribution in [0.3, 0.4) is 0 Å². The van der Waals surface area contributed by atoms with Crippen LogP contribution in [0, 0.1) is 0 Å². The van der Waals surface area contributed by atoms with Gasteiger partial charge in [0.1, 0.15) is 22.3 Å². The molecule has 0 fully saturated rings. The zero-order valence-corrected chi connectivity index (χ0v) is 34.0. The van der Waals surface area contributed by atoms with Gasteiger partial charge in [0.2, 0.25) is 11.4 Å². The van der Waals surface area contributed by atoms with Crippen LogP contribution in [0.25, 0.3) is 122 Å². The number of aromatic nitrogens is 2. The molecule has 0 saturated carbocycles. The van der Waals surface area contributed by atoms with Gasteiger partial charge >= 0.3 is 0 Å². The van der Waals surface area contributed by atoms with Gasteiger partial charge < -0.3 is 13.3 Å². The molecule has 0 N–H and O–H groups in total. The maximum atomic E-state index is 6.36. The van der Waals surface area contributed by atoms with Crippen LogP contribution in [0.5, 0.6) is 0 Å². The van der Waals surface area contributed by atoms with E-state index in [0.29, 0.717) is 11.4 Å². The summed E-state index contributed by atoms with van der Waals surface area (Å²) in [6, 6.07) is 60.5. The Morgan fingerprint density at radius 2 is 0.730 bits per heavy atom. The Balaban J connectivity index is 0.795. The van der Waals surface area contributed by atoms with Gasteiger partial charge in [-0.3, -0.25) is 0 Å². The number of hydrogen-bond acceptors (Lipinski definition) is 5. The Morgan fingerprint density at radius 1 is 0.333 bits per heavy atom. The Kier molecular flexibility index (Phi) is 7.97. The van der Waals surface area contributed by atoms with Gasteiger partial charge in [-0.05, 0) is 171 Å². The molecule has 12 aromatic rings. The van der Waals surface area contributed by atoms with E-state index in [1.807, 2.05) is 18.2 Å². The molecule has 0 saturated heterocycles. The summed E-state index contributed by atoms with van der Waals surface area (Å²) >= 11 is 0. The molecular weight excluding hydrogens is 773 g/mol. The molecule has 0 bridgehead atoms. The van der Waals surface area contributed by atoms with E-state index in [-0.39, 0.29) is 0 Å².